The summed E-state index contributed by atoms with van der Waals surface area (Å²) in [6.45, 7) is -0.326. The van der Waals surface area contributed by atoms with Crippen LogP contribution in [0.25, 0.3) is 0 Å². The van der Waals surface area contributed by atoms with Gasteiger partial charge in [-0.05, 0) is 7.05 Å². The van der Waals surface area contributed by atoms with Gasteiger partial charge in [-0.15, -0.1) is 0 Å². The predicted molar refractivity (Wildman–Crippen MR) is 43.5 cm³/mol. The fraction of sp³-hybridized carbons (Fsp3) is 0.714. The SMILES string of the molecule is CNCC(Cn1cncn1)C(F)(F)F. The molecule has 1 atom stereocenters. The van der Waals surface area contributed by atoms with Crippen LogP contribution in [-0.2, 0) is 6.54 Å². The van der Waals surface area contributed by atoms with Crippen LogP contribution in [-0.4, -0.2) is 34.5 Å². The van der Waals surface area contributed by atoms with Crippen LogP contribution in [0.5, 0.6) is 0 Å². The van der Waals surface area contributed by atoms with Gasteiger partial charge in [0.15, 0.2) is 0 Å². The van der Waals surface area contributed by atoms with Crippen molar-refractivity contribution in [3.8, 4) is 0 Å². The van der Waals surface area contributed by atoms with E-state index in [1.807, 2.05) is 0 Å². The van der Waals surface area contributed by atoms with E-state index in [9.17, 15) is 13.2 Å². The van der Waals surface area contributed by atoms with E-state index in [0.29, 0.717) is 0 Å². The van der Waals surface area contributed by atoms with Crippen LogP contribution in [0.15, 0.2) is 12.7 Å². The molecule has 0 bridgehead atoms. The van der Waals surface area contributed by atoms with Gasteiger partial charge in [-0.2, -0.15) is 18.3 Å². The highest BCUT2D eigenvalue weighted by Crippen LogP contribution is 2.26. The first-order valence-corrected chi connectivity index (χ1v) is 4.07. The first kappa shape index (κ1) is 11.0. The number of halogens is 3. The molecule has 80 valence electrons. The number of aromatic nitrogens is 3. The van der Waals surface area contributed by atoms with Crippen molar-refractivity contribution >= 4 is 0 Å². The number of rotatable bonds is 4. The minimum Gasteiger partial charge on any atom is -0.319 e. The van der Waals surface area contributed by atoms with Gasteiger partial charge in [-0.25, -0.2) is 4.98 Å². The molecule has 0 saturated heterocycles. The number of nitrogens with one attached hydrogen (secondary N) is 1. The van der Waals surface area contributed by atoms with Crippen molar-refractivity contribution in [2.45, 2.75) is 12.7 Å². The lowest BCUT2D eigenvalue weighted by atomic mass is 10.1. The summed E-state index contributed by atoms with van der Waals surface area (Å²) in [5.41, 5.74) is 0. The second-order valence-corrected chi connectivity index (χ2v) is 2.91. The Balaban J connectivity index is 2.60. The van der Waals surface area contributed by atoms with E-state index in [4.69, 9.17) is 0 Å². The van der Waals surface area contributed by atoms with E-state index in [2.05, 4.69) is 15.4 Å². The Morgan fingerprint density at radius 3 is 2.64 bits per heavy atom. The lowest BCUT2D eigenvalue weighted by Crippen LogP contribution is -2.35. The van der Waals surface area contributed by atoms with Gasteiger partial charge in [0.2, 0.25) is 0 Å². The minimum absolute atomic E-state index is 0.122. The molecule has 1 aromatic heterocycles. The number of nitrogens with zero attached hydrogens (tertiary/aromatic N) is 3. The molecular weight excluding hydrogens is 197 g/mol. The molecule has 0 aliphatic rings. The summed E-state index contributed by atoms with van der Waals surface area (Å²) in [6.07, 6.45) is -1.73. The summed E-state index contributed by atoms with van der Waals surface area (Å²) >= 11 is 0. The molecule has 1 rings (SSSR count). The standard InChI is InChI=1S/C7H11F3N4/c1-11-2-6(7(8,9)10)3-14-5-12-4-13-14/h4-6,11H,2-3H2,1H3. The third-order valence-corrected chi connectivity index (χ3v) is 1.79. The minimum atomic E-state index is -4.21. The van der Waals surface area contributed by atoms with Crippen molar-refractivity contribution in [3.63, 3.8) is 0 Å². The zero-order valence-corrected chi connectivity index (χ0v) is 7.62. The fourth-order valence-electron chi connectivity index (χ4n) is 1.08. The fourth-order valence-corrected chi connectivity index (χ4v) is 1.08. The maximum absolute atomic E-state index is 12.4. The zero-order valence-electron chi connectivity index (χ0n) is 7.62. The molecule has 0 fully saturated rings. The molecule has 0 spiro atoms. The Kier molecular flexibility index (Phi) is 3.45. The Labute approximate surface area is 79.1 Å². The molecular formula is C7H11F3N4. The predicted octanol–water partition coefficient (Wildman–Crippen LogP) is 0.676. The van der Waals surface area contributed by atoms with Crippen LogP contribution in [0.1, 0.15) is 0 Å². The second kappa shape index (κ2) is 4.41. The Bertz CT molecular complexity index is 256. The molecule has 0 aliphatic heterocycles. The molecule has 4 nitrogen and oxygen atoms in total. The molecule has 0 aliphatic carbocycles. The van der Waals surface area contributed by atoms with E-state index >= 15 is 0 Å². The Morgan fingerprint density at radius 2 is 2.21 bits per heavy atom. The largest absolute Gasteiger partial charge is 0.394 e. The number of alkyl halides is 3. The number of hydrogen-bond acceptors (Lipinski definition) is 3. The van der Waals surface area contributed by atoms with E-state index in [1.165, 1.54) is 24.4 Å². The van der Waals surface area contributed by atoms with E-state index in [0.717, 1.165) is 0 Å². The van der Waals surface area contributed by atoms with Gasteiger partial charge < -0.3 is 5.32 Å². The second-order valence-electron chi connectivity index (χ2n) is 2.91. The highest BCUT2D eigenvalue weighted by Gasteiger charge is 2.39. The quantitative estimate of drug-likeness (QED) is 0.791. The first-order chi connectivity index (χ1) is 6.54. The van der Waals surface area contributed by atoms with Crippen molar-refractivity contribution in [2.75, 3.05) is 13.6 Å². The van der Waals surface area contributed by atoms with Gasteiger partial charge in [0, 0.05) is 6.54 Å². The maximum atomic E-state index is 12.4. The molecule has 0 saturated carbocycles. The lowest BCUT2D eigenvalue weighted by Gasteiger charge is -2.19. The van der Waals surface area contributed by atoms with Crippen LogP contribution >= 0.6 is 0 Å². The van der Waals surface area contributed by atoms with Gasteiger partial charge in [-0.1, -0.05) is 0 Å². The zero-order chi connectivity index (χ0) is 10.6. The summed E-state index contributed by atoms with van der Waals surface area (Å²) in [7, 11) is 1.49. The summed E-state index contributed by atoms with van der Waals surface area (Å²) in [6, 6.07) is 0. The molecule has 1 aromatic rings. The van der Waals surface area contributed by atoms with Crippen molar-refractivity contribution in [1.82, 2.24) is 20.1 Å². The van der Waals surface area contributed by atoms with Crippen LogP contribution in [0, 0.1) is 5.92 Å². The highest BCUT2D eigenvalue weighted by molar-refractivity contribution is 4.71. The summed E-state index contributed by atoms with van der Waals surface area (Å²) in [5, 5.41) is 6.13. The summed E-state index contributed by atoms with van der Waals surface area (Å²) in [4.78, 5) is 3.58. The molecule has 0 radical (unpaired) electrons. The molecule has 1 heterocycles. The number of hydrogen-bond donors (Lipinski definition) is 1. The van der Waals surface area contributed by atoms with Crippen LogP contribution in [0.4, 0.5) is 13.2 Å². The third kappa shape index (κ3) is 2.99. The molecule has 14 heavy (non-hydrogen) atoms. The van der Waals surface area contributed by atoms with Crippen molar-refractivity contribution in [3.05, 3.63) is 12.7 Å². The van der Waals surface area contributed by atoms with E-state index in [1.54, 1.807) is 0 Å². The monoisotopic (exact) mass is 208 g/mol. The van der Waals surface area contributed by atoms with Crippen LogP contribution in [0.2, 0.25) is 0 Å². The highest BCUT2D eigenvalue weighted by atomic mass is 19.4. The van der Waals surface area contributed by atoms with Gasteiger partial charge in [0.05, 0.1) is 12.5 Å². The smallest absolute Gasteiger partial charge is 0.319 e. The Morgan fingerprint density at radius 1 is 1.50 bits per heavy atom. The lowest BCUT2D eigenvalue weighted by molar-refractivity contribution is -0.177. The molecule has 1 N–H and O–H groups in total. The van der Waals surface area contributed by atoms with Crippen LogP contribution < -0.4 is 5.32 Å². The normalized spacial score (nSPS) is 14.3. The van der Waals surface area contributed by atoms with Gasteiger partial charge >= 0.3 is 6.18 Å². The van der Waals surface area contributed by atoms with Crippen molar-refractivity contribution in [2.24, 2.45) is 5.92 Å². The van der Waals surface area contributed by atoms with Gasteiger partial charge in [-0.3, -0.25) is 4.68 Å². The first-order valence-electron chi connectivity index (χ1n) is 4.07. The molecule has 0 aromatic carbocycles. The molecule has 1 unspecified atom stereocenters. The average Bonchev–Trinajstić information content (AvgIpc) is 2.54. The maximum Gasteiger partial charge on any atom is 0.394 e. The molecule has 7 heteroatoms. The van der Waals surface area contributed by atoms with E-state index in [-0.39, 0.29) is 13.1 Å². The topological polar surface area (TPSA) is 42.7 Å². The van der Waals surface area contributed by atoms with Crippen LogP contribution in [0.3, 0.4) is 0 Å². The summed E-state index contributed by atoms with van der Waals surface area (Å²) < 4.78 is 38.4. The van der Waals surface area contributed by atoms with Crippen molar-refractivity contribution in [1.29, 1.82) is 0 Å². The molecule has 0 amide bonds. The van der Waals surface area contributed by atoms with E-state index < -0.39 is 12.1 Å². The van der Waals surface area contributed by atoms with Crippen molar-refractivity contribution < 1.29 is 13.2 Å². The average molecular weight is 208 g/mol. The Hall–Kier alpha value is -1.11. The van der Waals surface area contributed by atoms with Gasteiger partial charge in [0.1, 0.15) is 12.7 Å². The van der Waals surface area contributed by atoms with Gasteiger partial charge in [0.25, 0.3) is 0 Å². The third-order valence-electron chi connectivity index (χ3n) is 1.79. The summed E-state index contributed by atoms with van der Waals surface area (Å²) in [5.74, 6) is -1.44.